The van der Waals surface area contributed by atoms with Gasteiger partial charge in [0, 0.05) is 17.3 Å². The molecule has 0 aliphatic carbocycles. The highest BCUT2D eigenvalue weighted by molar-refractivity contribution is 6.30. The zero-order chi connectivity index (χ0) is 14.4. The summed E-state index contributed by atoms with van der Waals surface area (Å²) >= 11 is 5.82. The highest BCUT2D eigenvalue weighted by Crippen LogP contribution is 2.17. The van der Waals surface area contributed by atoms with Crippen LogP contribution >= 0.6 is 11.6 Å². The Morgan fingerprint density at radius 2 is 1.65 bits per heavy atom. The van der Waals surface area contributed by atoms with Gasteiger partial charge in [0.25, 0.3) is 0 Å². The predicted molar refractivity (Wildman–Crippen MR) is 86.0 cm³/mol. The molecular formula is C17H20ClNO. The molecule has 0 saturated carbocycles. The zero-order valence-corrected chi connectivity index (χ0v) is 12.7. The number of halogens is 1. The molecule has 0 fully saturated rings. The molecule has 3 heteroatoms. The molecule has 0 aliphatic heterocycles. The molecule has 0 atom stereocenters. The molecule has 0 aromatic heterocycles. The lowest BCUT2D eigenvalue weighted by Crippen LogP contribution is -2.11. The van der Waals surface area contributed by atoms with Crippen LogP contribution in [0.25, 0.3) is 0 Å². The van der Waals surface area contributed by atoms with Gasteiger partial charge in [0.15, 0.2) is 0 Å². The van der Waals surface area contributed by atoms with Crippen LogP contribution in [0.4, 0.5) is 5.69 Å². The third-order valence-corrected chi connectivity index (χ3v) is 3.34. The number of hydrogen-bond acceptors (Lipinski definition) is 2. The van der Waals surface area contributed by atoms with Crippen LogP contribution in [0, 0.1) is 0 Å². The Morgan fingerprint density at radius 3 is 2.25 bits per heavy atom. The van der Waals surface area contributed by atoms with Crippen molar-refractivity contribution in [2.45, 2.75) is 19.8 Å². The number of rotatable bonds is 6. The molecule has 106 valence electrons. The van der Waals surface area contributed by atoms with E-state index in [1.807, 2.05) is 24.3 Å². The standard InChI is InChI=1S/C17H20ClNO/c1-13(2)14-3-7-16(8-4-14)19-11-12-20-17-9-5-15(18)6-10-17/h3-10,13,19H,11-12H2,1-2H3. The lowest BCUT2D eigenvalue weighted by atomic mass is 10.0. The van der Waals surface area contributed by atoms with E-state index in [9.17, 15) is 0 Å². The lowest BCUT2D eigenvalue weighted by Gasteiger charge is -2.10. The fraction of sp³-hybridized carbons (Fsp3) is 0.294. The van der Waals surface area contributed by atoms with Gasteiger partial charge in [0.2, 0.25) is 0 Å². The van der Waals surface area contributed by atoms with Gasteiger partial charge in [-0.1, -0.05) is 37.6 Å². The first-order valence-electron chi connectivity index (χ1n) is 6.87. The molecule has 0 bridgehead atoms. The molecule has 0 radical (unpaired) electrons. The smallest absolute Gasteiger partial charge is 0.119 e. The molecule has 0 saturated heterocycles. The average Bonchev–Trinajstić information content (AvgIpc) is 2.46. The van der Waals surface area contributed by atoms with E-state index in [0.717, 1.165) is 23.0 Å². The lowest BCUT2D eigenvalue weighted by molar-refractivity contribution is 0.333. The monoisotopic (exact) mass is 289 g/mol. The second-order valence-corrected chi connectivity index (χ2v) is 5.44. The van der Waals surface area contributed by atoms with E-state index < -0.39 is 0 Å². The molecule has 2 aromatic rings. The Balaban J connectivity index is 1.74. The number of nitrogens with one attached hydrogen (secondary N) is 1. The summed E-state index contributed by atoms with van der Waals surface area (Å²) in [7, 11) is 0. The highest BCUT2D eigenvalue weighted by atomic mass is 35.5. The van der Waals surface area contributed by atoms with Gasteiger partial charge in [0.1, 0.15) is 12.4 Å². The summed E-state index contributed by atoms with van der Waals surface area (Å²) in [5.74, 6) is 1.41. The Kier molecular flexibility index (Phi) is 5.31. The predicted octanol–water partition coefficient (Wildman–Crippen LogP) is 4.95. The van der Waals surface area contributed by atoms with Gasteiger partial charge in [-0.3, -0.25) is 0 Å². The fourth-order valence-corrected chi connectivity index (χ4v) is 2.01. The summed E-state index contributed by atoms with van der Waals surface area (Å²) in [6, 6.07) is 15.9. The van der Waals surface area contributed by atoms with Crippen LogP contribution in [0.5, 0.6) is 5.75 Å². The summed E-state index contributed by atoms with van der Waals surface area (Å²) in [5.41, 5.74) is 2.47. The minimum atomic E-state index is 0.567. The summed E-state index contributed by atoms with van der Waals surface area (Å²) in [4.78, 5) is 0. The Hall–Kier alpha value is -1.67. The Morgan fingerprint density at radius 1 is 1.00 bits per heavy atom. The van der Waals surface area contributed by atoms with Crippen LogP contribution in [0.2, 0.25) is 5.02 Å². The zero-order valence-electron chi connectivity index (χ0n) is 11.9. The van der Waals surface area contributed by atoms with Gasteiger partial charge in [-0.05, 0) is 47.9 Å². The van der Waals surface area contributed by atoms with Crippen LogP contribution in [0.3, 0.4) is 0 Å². The molecule has 0 spiro atoms. The molecule has 20 heavy (non-hydrogen) atoms. The SMILES string of the molecule is CC(C)c1ccc(NCCOc2ccc(Cl)cc2)cc1. The van der Waals surface area contributed by atoms with Gasteiger partial charge < -0.3 is 10.1 Å². The van der Waals surface area contributed by atoms with Gasteiger partial charge in [-0.15, -0.1) is 0 Å². The first kappa shape index (κ1) is 14.7. The molecule has 0 amide bonds. The van der Waals surface area contributed by atoms with Crippen molar-refractivity contribution in [2.24, 2.45) is 0 Å². The van der Waals surface area contributed by atoms with Gasteiger partial charge >= 0.3 is 0 Å². The van der Waals surface area contributed by atoms with Crippen molar-refractivity contribution in [1.29, 1.82) is 0 Å². The molecule has 0 heterocycles. The van der Waals surface area contributed by atoms with E-state index in [2.05, 4.69) is 43.4 Å². The first-order chi connectivity index (χ1) is 9.65. The van der Waals surface area contributed by atoms with Crippen molar-refractivity contribution in [2.75, 3.05) is 18.5 Å². The third kappa shape index (κ3) is 4.46. The second kappa shape index (κ2) is 7.20. The number of benzene rings is 2. The molecule has 0 unspecified atom stereocenters. The van der Waals surface area contributed by atoms with E-state index in [1.54, 1.807) is 0 Å². The van der Waals surface area contributed by atoms with E-state index in [-0.39, 0.29) is 0 Å². The van der Waals surface area contributed by atoms with Crippen molar-refractivity contribution in [3.63, 3.8) is 0 Å². The Bertz CT molecular complexity index is 520. The Labute approximate surface area is 125 Å². The number of anilines is 1. The van der Waals surface area contributed by atoms with Crippen molar-refractivity contribution in [3.8, 4) is 5.75 Å². The summed E-state index contributed by atoms with van der Waals surface area (Å²) in [6.07, 6.45) is 0. The fourth-order valence-electron chi connectivity index (χ4n) is 1.88. The largest absolute Gasteiger partial charge is 0.492 e. The highest BCUT2D eigenvalue weighted by Gasteiger charge is 1.99. The molecule has 1 N–H and O–H groups in total. The maximum Gasteiger partial charge on any atom is 0.119 e. The van der Waals surface area contributed by atoms with E-state index >= 15 is 0 Å². The maximum absolute atomic E-state index is 5.82. The second-order valence-electron chi connectivity index (χ2n) is 5.01. The van der Waals surface area contributed by atoms with Gasteiger partial charge in [-0.25, -0.2) is 0 Å². The quantitative estimate of drug-likeness (QED) is 0.759. The normalized spacial score (nSPS) is 10.6. The molecule has 2 rings (SSSR count). The maximum atomic E-state index is 5.82. The summed E-state index contributed by atoms with van der Waals surface area (Å²) in [5, 5.41) is 4.06. The van der Waals surface area contributed by atoms with Gasteiger partial charge in [-0.2, -0.15) is 0 Å². The van der Waals surface area contributed by atoms with Crippen LogP contribution < -0.4 is 10.1 Å². The third-order valence-electron chi connectivity index (χ3n) is 3.09. The van der Waals surface area contributed by atoms with Crippen LogP contribution in [-0.4, -0.2) is 13.2 Å². The summed E-state index contributed by atoms with van der Waals surface area (Å²) in [6.45, 7) is 5.78. The van der Waals surface area contributed by atoms with E-state index in [1.165, 1.54) is 5.56 Å². The first-order valence-corrected chi connectivity index (χ1v) is 7.25. The topological polar surface area (TPSA) is 21.3 Å². The average molecular weight is 290 g/mol. The molecule has 2 nitrogen and oxygen atoms in total. The van der Waals surface area contributed by atoms with E-state index in [0.29, 0.717) is 12.5 Å². The molecule has 0 aliphatic rings. The van der Waals surface area contributed by atoms with Crippen LogP contribution in [0.1, 0.15) is 25.3 Å². The summed E-state index contributed by atoms with van der Waals surface area (Å²) < 4.78 is 5.62. The van der Waals surface area contributed by atoms with Crippen molar-refractivity contribution in [1.82, 2.24) is 0 Å². The number of hydrogen-bond donors (Lipinski definition) is 1. The number of ether oxygens (including phenoxy) is 1. The molecular weight excluding hydrogens is 270 g/mol. The van der Waals surface area contributed by atoms with Crippen LogP contribution in [-0.2, 0) is 0 Å². The van der Waals surface area contributed by atoms with E-state index in [4.69, 9.17) is 16.3 Å². The minimum Gasteiger partial charge on any atom is -0.492 e. The van der Waals surface area contributed by atoms with Crippen molar-refractivity contribution < 1.29 is 4.74 Å². The minimum absolute atomic E-state index is 0.567. The van der Waals surface area contributed by atoms with Crippen molar-refractivity contribution >= 4 is 17.3 Å². The molecule has 2 aromatic carbocycles. The van der Waals surface area contributed by atoms with Gasteiger partial charge in [0.05, 0.1) is 0 Å². The van der Waals surface area contributed by atoms with Crippen molar-refractivity contribution in [3.05, 3.63) is 59.1 Å². The van der Waals surface area contributed by atoms with Crippen LogP contribution in [0.15, 0.2) is 48.5 Å².